The maximum atomic E-state index is 6.36. The van der Waals surface area contributed by atoms with Gasteiger partial charge in [-0.05, 0) is 23.6 Å². The molecular weight excluding hydrogens is 366 g/mol. The molecule has 0 saturated carbocycles. The molecule has 4 aromatic rings. The van der Waals surface area contributed by atoms with Crippen LogP contribution in [0.2, 0.25) is 0 Å². The lowest BCUT2D eigenvalue weighted by atomic mass is 10.1. The summed E-state index contributed by atoms with van der Waals surface area (Å²) in [5.74, 6) is 2.32. The van der Waals surface area contributed by atoms with Gasteiger partial charge in [-0.15, -0.1) is 0 Å². The number of nitrogens with zero attached hydrogens (tertiary/aromatic N) is 2. The van der Waals surface area contributed by atoms with Gasteiger partial charge in [0.2, 0.25) is 0 Å². The van der Waals surface area contributed by atoms with Gasteiger partial charge in [-0.25, -0.2) is 9.97 Å². The zero-order valence-electron chi connectivity index (χ0n) is 16.1. The number of benzene rings is 3. The van der Waals surface area contributed by atoms with E-state index in [0.29, 0.717) is 34.5 Å². The molecule has 0 bridgehead atoms. The van der Waals surface area contributed by atoms with Crippen molar-refractivity contribution in [2.24, 2.45) is 0 Å². The third-order valence-corrected chi connectivity index (χ3v) is 4.59. The smallest absolute Gasteiger partial charge is 0.159 e. The van der Waals surface area contributed by atoms with E-state index in [1.807, 2.05) is 42.5 Å². The molecule has 4 rings (SSSR count). The molecule has 0 fully saturated rings. The quantitative estimate of drug-likeness (QED) is 0.441. The lowest BCUT2D eigenvalue weighted by molar-refractivity contribution is 0.405. The Bertz CT molecular complexity index is 1160. The van der Waals surface area contributed by atoms with Crippen LogP contribution in [0.1, 0.15) is 0 Å². The molecule has 7 heteroatoms. The van der Waals surface area contributed by atoms with Crippen LogP contribution in [0.15, 0.2) is 67.0 Å². The molecule has 0 aliphatic rings. The molecule has 1 aromatic heterocycles. The highest BCUT2D eigenvalue weighted by Crippen LogP contribution is 2.35. The van der Waals surface area contributed by atoms with Gasteiger partial charge < -0.3 is 25.8 Å². The van der Waals surface area contributed by atoms with Gasteiger partial charge in [0, 0.05) is 17.1 Å². The van der Waals surface area contributed by atoms with Crippen LogP contribution in [0.3, 0.4) is 0 Å². The van der Waals surface area contributed by atoms with Crippen molar-refractivity contribution in [3.05, 3.63) is 67.0 Å². The van der Waals surface area contributed by atoms with Crippen molar-refractivity contribution >= 4 is 39.5 Å². The Morgan fingerprint density at radius 3 is 2.28 bits per heavy atom. The number of hydrogen-bond acceptors (Lipinski definition) is 7. The Balaban J connectivity index is 1.68. The number of nitrogens with two attached hydrogens (primary N) is 1. The van der Waals surface area contributed by atoms with E-state index in [0.717, 1.165) is 16.5 Å². The van der Waals surface area contributed by atoms with E-state index in [1.54, 1.807) is 14.2 Å². The average Bonchev–Trinajstić information content (AvgIpc) is 2.76. The van der Waals surface area contributed by atoms with Crippen LogP contribution in [0.5, 0.6) is 11.5 Å². The summed E-state index contributed by atoms with van der Waals surface area (Å²) in [4.78, 5) is 8.60. The molecule has 0 aliphatic carbocycles. The number of fused-ring (bicyclic) bond motifs is 1. The average molecular weight is 387 g/mol. The molecule has 0 spiro atoms. The van der Waals surface area contributed by atoms with Gasteiger partial charge in [0.05, 0.1) is 19.9 Å². The number of nitrogen functional groups attached to an aromatic ring is 1. The number of hydrogen-bond donors (Lipinski definition) is 3. The van der Waals surface area contributed by atoms with Gasteiger partial charge in [-0.2, -0.15) is 0 Å². The number of nitrogens with one attached hydrogen (secondary N) is 2. The minimum Gasteiger partial charge on any atom is -0.497 e. The largest absolute Gasteiger partial charge is 0.497 e. The number of methoxy groups -OCH3 is 2. The second kappa shape index (κ2) is 7.93. The van der Waals surface area contributed by atoms with Gasteiger partial charge in [-0.3, -0.25) is 0 Å². The van der Waals surface area contributed by atoms with E-state index >= 15 is 0 Å². The Morgan fingerprint density at radius 2 is 1.52 bits per heavy atom. The van der Waals surface area contributed by atoms with Crippen LogP contribution in [-0.2, 0) is 0 Å². The van der Waals surface area contributed by atoms with Gasteiger partial charge >= 0.3 is 0 Å². The standard InChI is InChI=1S/C22H21N5O2/c1-28-15-10-11-19(29-2)18(12-15)27-22-20(23)21(24-13-25-22)26-17-9-5-7-14-6-3-4-8-16(14)17/h3-13H,23H2,1-2H3,(H2,24,25,26,27). The lowest BCUT2D eigenvalue weighted by Crippen LogP contribution is -2.06. The third-order valence-electron chi connectivity index (χ3n) is 4.59. The molecule has 7 nitrogen and oxygen atoms in total. The first-order valence-corrected chi connectivity index (χ1v) is 9.04. The maximum Gasteiger partial charge on any atom is 0.159 e. The molecule has 3 aromatic carbocycles. The molecule has 29 heavy (non-hydrogen) atoms. The summed E-state index contributed by atoms with van der Waals surface area (Å²) in [5.41, 5.74) is 8.36. The fourth-order valence-electron chi connectivity index (χ4n) is 3.10. The molecule has 0 aliphatic heterocycles. The fourth-order valence-corrected chi connectivity index (χ4v) is 3.10. The van der Waals surface area contributed by atoms with Crippen molar-refractivity contribution in [2.45, 2.75) is 0 Å². The van der Waals surface area contributed by atoms with Crippen LogP contribution in [0.4, 0.5) is 28.7 Å². The zero-order chi connectivity index (χ0) is 20.2. The summed E-state index contributed by atoms with van der Waals surface area (Å²) in [7, 11) is 3.21. The monoisotopic (exact) mass is 387 g/mol. The third kappa shape index (κ3) is 3.70. The molecule has 0 unspecified atom stereocenters. The summed E-state index contributed by atoms with van der Waals surface area (Å²) in [6, 6.07) is 19.6. The fraction of sp³-hybridized carbons (Fsp3) is 0.0909. The van der Waals surface area contributed by atoms with Gasteiger partial charge in [0.15, 0.2) is 11.6 Å². The van der Waals surface area contributed by atoms with Crippen molar-refractivity contribution in [3.63, 3.8) is 0 Å². The highest BCUT2D eigenvalue weighted by atomic mass is 16.5. The molecule has 0 atom stereocenters. The Labute approximate surface area is 168 Å². The number of aromatic nitrogens is 2. The molecule has 0 amide bonds. The number of ether oxygens (including phenoxy) is 2. The first kappa shape index (κ1) is 18.4. The van der Waals surface area contributed by atoms with Crippen molar-refractivity contribution in [1.82, 2.24) is 9.97 Å². The van der Waals surface area contributed by atoms with Crippen LogP contribution < -0.4 is 25.8 Å². The summed E-state index contributed by atoms with van der Waals surface area (Å²) < 4.78 is 10.7. The van der Waals surface area contributed by atoms with Crippen LogP contribution in [-0.4, -0.2) is 24.2 Å². The SMILES string of the molecule is COc1ccc(OC)c(Nc2ncnc(Nc3cccc4ccccc34)c2N)c1. The highest BCUT2D eigenvalue weighted by molar-refractivity contribution is 5.96. The summed E-state index contributed by atoms with van der Waals surface area (Å²) in [6.45, 7) is 0. The molecule has 4 N–H and O–H groups in total. The van der Waals surface area contributed by atoms with Crippen molar-refractivity contribution in [3.8, 4) is 11.5 Å². The van der Waals surface area contributed by atoms with E-state index in [4.69, 9.17) is 15.2 Å². The van der Waals surface area contributed by atoms with E-state index in [9.17, 15) is 0 Å². The molecule has 0 radical (unpaired) electrons. The summed E-state index contributed by atoms with van der Waals surface area (Å²) >= 11 is 0. The normalized spacial score (nSPS) is 10.6. The predicted octanol–water partition coefficient (Wildman–Crippen LogP) is 4.72. The van der Waals surface area contributed by atoms with Gasteiger partial charge in [0.25, 0.3) is 0 Å². The Morgan fingerprint density at radius 1 is 0.793 bits per heavy atom. The van der Waals surface area contributed by atoms with Crippen molar-refractivity contribution < 1.29 is 9.47 Å². The summed E-state index contributed by atoms with van der Waals surface area (Å²) in [5, 5.41) is 8.74. The van der Waals surface area contributed by atoms with Gasteiger partial charge in [0.1, 0.15) is 23.5 Å². The summed E-state index contributed by atoms with van der Waals surface area (Å²) in [6.07, 6.45) is 1.46. The molecular formula is C22H21N5O2. The van der Waals surface area contributed by atoms with Crippen LogP contribution in [0, 0.1) is 0 Å². The molecule has 146 valence electrons. The van der Waals surface area contributed by atoms with Crippen LogP contribution in [0.25, 0.3) is 10.8 Å². The lowest BCUT2D eigenvalue weighted by Gasteiger charge is -2.16. The van der Waals surface area contributed by atoms with Crippen molar-refractivity contribution in [1.29, 1.82) is 0 Å². The van der Waals surface area contributed by atoms with Crippen molar-refractivity contribution in [2.75, 3.05) is 30.6 Å². The van der Waals surface area contributed by atoms with Crippen LogP contribution >= 0.6 is 0 Å². The molecule has 1 heterocycles. The van der Waals surface area contributed by atoms with E-state index in [2.05, 4.69) is 38.8 Å². The number of rotatable bonds is 6. The second-order valence-electron chi connectivity index (χ2n) is 6.33. The topological polar surface area (TPSA) is 94.3 Å². The number of anilines is 5. The predicted molar refractivity (Wildman–Crippen MR) is 117 cm³/mol. The van der Waals surface area contributed by atoms with E-state index in [-0.39, 0.29) is 0 Å². The first-order chi connectivity index (χ1) is 14.2. The van der Waals surface area contributed by atoms with E-state index < -0.39 is 0 Å². The maximum absolute atomic E-state index is 6.36. The Hall–Kier alpha value is -4.00. The first-order valence-electron chi connectivity index (χ1n) is 9.04. The highest BCUT2D eigenvalue weighted by Gasteiger charge is 2.13. The zero-order valence-corrected chi connectivity index (χ0v) is 16.1. The Kier molecular flexibility index (Phi) is 5.03. The minimum atomic E-state index is 0.394. The van der Waals surface area contributed by atoms with E-state index in [1.165, 1.54) is 6.33 Å². The minimum absolute atomic E-state index is 0.394. The second-order valence-corrected chi connectivity index (χ2v) is 6.33. The van der Waals surface area contributed by atoms with Gasteiger partial charge in [-0.1, -0.05) is 36.4 Å². The molecule has 0 saturated heterocycles.